The SMILES string of the molecule is O=C(c1ccc(F)cc1)N(Cc1cccn1Cc1cccc(F)c1)C1CCCCC1. The molecule has 1 saturated carbocycles. The third-order valence-electron chi connectivity index (χ3n) is 5.87. The predicted molar refractivity (Wildman–Crippen MR) is 113 cm³/mol. The zero-order valence-corrected chi connectivity index (χ0v) is 16.9. The number of benzene rings is 2. The van der Waals surface area contributed by atoms with Crippen LogP contribution in [0.5, 0.6) is 0 Å². The molecule has 0 spiro atoms. The quantitative estimate of drug-likeness (QED) is 0.507. The van der Waals surface area contributed by atoms with Crippen molar-refractivity contribution in [2.24, 2.45) is 0 Å². The molecular weight excluding hydrogens is 382 g/mol. The van der Waals surface area contributed by atoms with Gasteiger partial charge in [-0.05, 0) is 66.9 Å². The zero-order valence-electron chi connectivity index (χ0n) is 16.9. The second-order valence-corrected chi connectivity index (χ2v) is 7.99. The third kappa shape index (κ3) is 4.78. The number of hydrogen-bond donors (Lipinski definition) is 0. The Bertz CT molecular complexity index is 990. The number of carbonyl (C=O) groups excluding carboxylic acids is 1. The van der Waals surface area contributed by atoms with E-state index in [1.54, 1.807) is 18.2 Å². The second-order valence-electron chi connectivity index (χ2n) is 7.99. The van der Waals surface area contributed by atoms with E-state index in [0.29, 0.717) is 18.7 Å². The molecule has 1 aromatic heterocycles. The summed E-state index contributed by atoms with van der Waals surface area (Å²) < 4.78 is 29.0. The van der Waals surface area contributed by atoms with E-state index < -0.39 is 0 Å². The molecule has 4 rings (SSSR count). The van der Waals surface area contributed by atoms with Crippen LogP contribution in [0.4, 0.5) is 8.78 Å². The molecule has 0 bridgehead atoms. The van der Waals surface area contributed by atoms with Gasteiger partial charge in [0.05, 0.1) is 6.54 Å². The highest BCUT2D eigenvalue weighted by Crippen LogP contribution is 2.26. The minimum Gasteiger partial charge on any atom is -0.345 e. The Balaban J connectivity index is 1.58. The normalized spacial score (nSPS) is 14.6. The summed E-state index contributed by atoms with van der Waals surface area (Å²) in [6.07, 6.45) is 7.35. The van der Waals surface area contributed by atoms with Gasteiger partial charge in [0.25, 0.3) is 5.91 Å². The van der Waals surface area contributed by atoms with Gasteiger partial charge in [0, 0.05) is 30.0 Å². The van der Waals surface area contributed by atoms with Gasteiger partial charge >= 0.3 is 0 Å². The molecule has 0 radical (unpaired) electrons. The van der Waals surface area contributed by atoms with E-state index in [9.17, 15) is 13.6 Å². The fourth-order valence-corrected chi connectivity index (χ4v) is 4.27. The van der Waals surface area contributed by atoms with Gasteiger partial charge in [0.15, 0.2) is 0 Å². The van der Waals surface area contributed by atoms with Gasteiger partial charge < -0.3 is 9.47 Å². The van der Waals surface area contributed by atoms with Gasteiger partial charge in [-0.25, -0.2) is 8.78 Å². The molecule has 0 unspecified atom stereocenters. The highest BCUT2D eigenvalue weighted by molar-refractivity contribution is 5.94. The number of hydrogen-bond acceptors (Lipinski definition) is 1. The van der Waals surface area contributed by atoms with Gasteiger partial charge in [-0.2, -0.15) is 0 Å². The number of rotatable bonds is 6. The summed E-state index contributed by atoms with van der Waals surface area (Å²) in [6, 6.07) is 16.5. The zero-order chi connectivity index (χ0) is 20.9. The standard InChI is InChI=1S/C25H26F2N2O/c26-21-13-11-20(12-14-21)25(30)29(23-8-2-1-3-9-23)18-24-10-5-15-28(24)17-19-6-4-7-22(27)16-19/h4-7,10-16,23H,1-3,8-9,17-18H2. The van der Waals surface area contributed by atoms with E-state index in [1.165, 1.54) is 30.7 Å². The Kier molecular flexibility index (Phi) is 6.26. The van der Waals surface area contributed by atoms with Crippen LogP contribution >= 0.6 is 0 Å². The maximum atomic E-state index is 13.6. The lowest BCUT2D eigenvalue weighted by Gasteiger charge is -2.35. The van der Waals surface area contributed by atoms with Crippen LogP contribution in [-0.2, 0) is 13.1 Å². The summed E-state index contributed by atoms with van der Waals surface area (Å²) >= 11 is 0. The average Bonchev–Trinajstić information content (AvgIpc) is 3.19. The molecule has 5 heteroatoms. The van der Waals surface area contributed by atoms with Crippen LogP contribution in [0.25, 0.3) is 0 Å². The lowest BCUT2D eigenvalue weighted by molar-refractivity contribution is 0.0608. The fourth-order valence-electron chi connectivity index (χ4n) is 4.27. The maximum absolute atomic E-state index is 13.6. The molecule has 156 valence electrons. The number of nitrogens with zero attached hydrogens (tertiary/aromatic N) is 2. The number of carbonyl (C=O) groups is 1. The van der Waals surface area contributed by atoms with Crippen molar-refractivity contribution in [3.63, 3.8) is 0 Å². The molecule has 1 heterocycles. The van der Waals surface area contributed by atoms with Crippen molar-refractivity contribution in [3.8, 4) is 0 Å². The van der Waals surface area contributed by atoms with E-state index in [2.05, 4.69) is 4.57 Å². The minimum absolute atomic E-state index is 0.0691. The predicted octanol–water partition coefficient (Wildman–Crippen LogP) is 5.79. The van der Waals surface area contributed by atoms with Crippen LogP contribution < -0.4 is 0 Å². The van der Waals surface area contributed by atoms with Crippen molar-refractivity contribution >= 4 is 5.91 Å². The van der Waals surface area contributed by atoms with E-state index in [1.807, 2.05) is 29.3 Å². The van der Waals surface area contributed by atoms with E-state index in [-0.39, 0.29) is 23.6 Å². The van der Waals surface area contributed by atoms with Crippen molar-refractivity contribution < 1.29 is 13.6 Å². The Morgan fingerprint density at radius 3 is 2.43 bits per heavy atom. The van der Waals surface area contributed by atoms with Crippen LogP contribution in [-0.4, -0.2) is 21.4 Å². The third-order valence-corrected chi connectivity index (χ3v) is 5.87. The summed E-state index contributed by atoms with van der Waals surface area (Å²) in [5, 5.41) is 0. The number of halogens is 2. The van der Waals surface area contributed by atoms with Gasteiger partial charge in [0.1, 0.15) is 11.6 Å². The summed E-state index contributed by atoms with van der Waals surface area (Å²) in [7, 11) is 0. The summed E-state index contributed by atoms with van der Waals surface area (Å²) in [5.41, 5.74) is 2.38. The topological polar surface area (TPSA) is 25.2 Å². The average molecular weight is 408 g/mol. The Morgan fingerprint density at radius 2 is 1.70 bits per heavy atom. The van der Waals surface area contributed by atoms with E-state index in [4.69, 9.17) is 0 Å². The summed E-state index contributed by atoms with van der Waals surface area (Å²) in [6.45, 7) is 1.02. The maximum Gasteiger partial charge on any atom is 0.254 e. The molecule has 0 aliphatic heterocycles. The van der Waals surface area contributed by atoms with Crippen molar-refractivity contribution in [3.05, 3.63) is 95.3 Å². The first-order valence-electron chi connectivity index (χ1n) is 10.5. The lowest BCUT2D eigenvalue weighted by Crippen LogP contribution is -2.41. The summed E-state index contributed by atoms with van der Waals surface area (Å²) in [4.78, 5) is 15.3. The highest BCUT2D eigenvalue weighted by Gasteiger charge is 2.27. The van der Waals surface area contributed by atoms with Gasteiger partial charge in [-0.3, -0.25) is 4.79 Å². The molecule has 0 atom stereocenters. The van der Waals surface area contributed by atoms with Crippen molar-refractivity contribution in [1.29, 1.82) is 0 Å². The van der Waals surface area contributed by atoms with Crippen LogP contribution in [0.3, 0.4) is 0 Å². The van der Waals surface area contributed by atoms with Gasteiger partial charge in [0.2, 0.25) is 0 Å². The molecule has 2 aromatic carbocycles. The highest BCUT2D eigenvalue weighted by atomic mass is 19.1. The first kappa shape index (κ1) is 20.3. The van der Waals surface area contributed by atoms with Crippen LogP contribution in [0.1, 0.15) is 53.7 Å². The fraction of sp³-hybridized carbons (Fsp3) is 0.320. The molecule has 1 fully saturated rings. The van der Waals surface area contributed by atoms with Crippen LogP contribution in [0.2, 0.25) is 0 Å². The monoisotopic (exact) mass is 408 g/mol. The molecule has 3 aromatic rings. The van der Waals surface area contributed by atoms with Crippen LogP contribution in [0.15, 0.2) is 66.9 Å². The second kappa shape index (κ2) is 9.24. The van der Waals surface area contributed by atoms with Crippen molar-refractivity contribution in [2.75, 3.05) is 0 Å². The number of aromatic nitrogens is 1. The Morgan fingerprint density at radius 1 is 0.933 bits per heavy atom. The summed E-state index contributed by atoms with van der Waals surface area (Å²) in [5.74, 6) is -0.670. The van der Waals surface area contributed by atoms with Crippen molar-refractivity contribution in [2.45, 2.75) is 51.2 Å². The molecule has 1 aliphatic carbocycles. The van der Waals surface area contributed by atoms with Gasteiger partial charge in [-0.1, -0.05) is 31.4 Å². The molecule has 1 aliphatic rings. The molecule has 30 heavy (non-hydrogen) atoms. The minimum atomic E-state index is -0.347. The smallest absolute Gasteiger partial charge is 0.254 e. The molecule has 0 saturated heterocycles. The Hall–Kier alpha value is -2.95. The van der Waals surface area contributed by atoms with E-state index >= 15 is 0 Å². The molecule has 1 amide bonds. The van der Waals surface area contributed by atoms with Crippen LogP contribution in [0, 0.1) is 11.6 Å². The molecule has 3 nitrogen and oxygen atoms in total. The first-order valence-corrected chi connectivity index (χ1v) is 10.5. The van der Waals surface area contributed by atoms with Crippen molar-refractivity contribution in [1.82, 2.24) is 9.47 Å². The number of amides is 1. The largest absolute Gasteiger partial charge is 0.345 e. The molecule has 0 N–H and O–H groups in total. The first-order chi connectivity index (χ1) is 14.6. The molecular formula is C25H26F2N2O. The lowest BCUT2D eigenvalue weighted by atomic mass is 9.93. The van der Waals surface area contributed by atoms with Gasteiger partial charge in [-0.15, -0.1) is 0 Å². The Labute approximate surface area is 175 Å². The van der Waals surface area contributed by atoms with E-state index in [0.717, 1.165) is 36.9 Å².